The van der Waals surface area contributed by atoms with E-state index in [2.05, 4.69) is 53.2 Å². The third kappa shape index (κ3) is 20.2. The van der Waals surface area contributed by atoms with Gasteiger partial charge in [0.2, 0.25) is 65.0 Å². The topological polar surface area (TPSA) is 404 Å². The largest absolute Gasteiger partial charge is 0.458 e. The Morgan fingerprint density at radius 1 is 0.643 bits per heavy atom. The van der Waals surface area contributed by atoms with Gasteiger partial charge in [-0.25, -0.2) is 4.79 Å². The number of hydrogen-bond donors (Lipinski definition) is 13. The first kappa shape index (κ1) is 71.0. The fraction of sp³-hybridized carbons (Fsp3) is 0.684. The van der Waals surface area contributed by atoms with Crippen LogP contribution in [0.5, 0.6) is 0 Å². The molecule has 1 aromatic rings. The van der Waals surface area contributed by atoms with Gasteiger partial charge in [-0.05, 0) is 75.8 Å². The van der Waals surface area contributed by atoms with E-state index in [9.17, 15) is 67.7 Å². The molecule has 2 saturated heterocycles. The van der Waals surface area contributed by atoms with E-state index in [0.29, 0.717) is 32.1 Å². The highest BCUT2D eigenvalue weighted by Gasteiger charge is 2.43. The minimum atomic E-state index is -1.79. The summed E-state index contributed by atoms with van der Waals surface area (Å²) >= 11 is 0. The smallest absolute Gasteiger partial charge is 0.329 e. The number of rotatable bonds is 30. The van der Waals surface area contributed by atoms with Crippen molar-refractivity contribution in [3.63, 3.8) is 0 Å². The second-order valence-corrected chi connectivity index (χ2v) is 22.1. The van der Waals surface area contributed by atoms with E-state index in [1.54, 1.807) is 62.4 Å². The molecule has 16 atom stereocenters. The minimum Gasteiger partial charge on any atom is -0.458 e. The highest BCUT2D eigenvalue weighted by molar-refractivity contribution is 5.99. The van der Waals surface area contributed by atoms with Crippen LogP contribution < -0.4 is 58.9 Å². The van der Waals surface area contributed by atoms with Crippen molar-refractivity contribution in [2.24, 2.45) is 29.4 Å². The summed E-state index contributed by atoms with van der Waals surface area (Å²) in [6, 6.07) is -5.66. The Morgan fingerprint density at radius 2 is 1.12 bits per heavy atom. The number of nitrogens with two attached hydrogens (primary N) is 1. The zero-order chi connectivity index (χ0) is 63.1. The standard InChI is InChI=1S/C57H92N12O15/c1-12-29(5)42(65-48(74)37(59-11)26-35-20-17-16-18-21-35)52(78)62-38(27-70)49(75)61-36(23-24-41(58)72)47(73)64-44(31(7)14-3)54(80)66-43(30(6)13-2)53(79)63-39(28-71)50(76)68-46-34(10)84-57(83)45(32(8)15-4)67-51(77)40-22-19-25-69(40)56(82)33(9)60-55(46)81/h16-18,20-21,29-34,36-40,42-46,59,70-71H,12-15,19,22-28H2,1-11H3,(H2,58,72)(H,60,81)(H,61,75)(H,62,78)(H,63,79)(H,64,73)(H,65,74)(H,66,80)(H,67,77)(H,68,76)/t29-,30-,31+,32-,33-,34-,36+,37+,38-,39-,40-,42-,43-,44+,45-,46+/m0/s1. The molecule has 14 N–H and O–H groups in total. The number of esters is 1. The van der Waals surface area contributed by atoms with Crippen molar-refractivity contribution in [2.45, 2.75) is 200 Å². The van der Waals surface area contributed by atoms with Gasteiger partial charge < -0.3 is 78.8 Å². The van der Waals surface area contributed by atoms with Gasteiger partial charge in [-0.1, -0.05) is 111 Å². The summed E-state index contributed by atoms with van der Waals surface area (Å²) in [7, 11) is 1.60. The highest BCUT2D eigenvalue weighted by Crippen LogP contribution is 2.22. The first-order valence-electron chi connectivity index (χ1n) is 29.2. The van der Waals surface area contributed by atoms with Crippen LogP contribution in [0.2, 0.25) is 0 Å². The third-order valence-electron chi connectivity index (χ3n) is 16.0. The summed E-state index contributed by atoms with van der Waals surface area (Å²) < 4.78 is 5.71. The maximum Gasteiger partial charge on any atom is 0.329 e. The number of ether oxygens (including phenoxy) is 1. The number of nitrogens with one attached hydrogen (secondary N) is 10. The molecule has 0 unspecified atom stereocenters. The summed E-state index contributed by atoms with van der Waals surface area (Å²) in [6.45, 7) is 14.6. The lowest BCUT2D eigenvalue weighted by Crippen LogP contribution is -2.63. The molecule has 3 rings (SSSR count). The van der Waals surface area contributed by atoms with Crippen LogP contribution in [-0.4, -0.2) is 185 Å². The van der Waals surface area contributed by atoms with Crippen molar-refractivity contribution in [3.8, 4) is 0 Å². The lowest BCUT2D eigenvalue weighted by Gasteiger charge is -2.31. The molecule has 0 bridgehead atoms. The SMILES string of the molecule is CC[C@@H](C)[C@@H](NC(=O)[C@@H](CCC(N)=O)NC(=O)[C@H](CO)NC(=O)[C@@H](NC(=O)[C@@H](Cc1ccccc1)NC)[C@@H](C)CC)C(=O)N[C@H](C(=O)N[C@@H](CO)C(=O)N[C@H]1C(=O)N[C@@H](C)C(=O)N2CCC[C@H]2C(=O)N[C@@H]([C@@H](C)CC)C(=O)O[C@H]1C)[C@@H](C)CC. The Bertz CT molecular complexity index is 2450. The second kappa shape index (κ2) is 34.5. The molecule has 2 aliphatic heterocycles. The highest BCUT2D eigenvalue weighted by atomic mass is 16.5. The third-order valence-corrected chi connectivity index (χ3v) is 16.0. The number of hydrogen-bond acceptors (Lipinski definition) is 16. The summed E-state index contributed by atoms with van der Waals surface area (Å²) in [5.41, 5.74) is 6.31. The van der Waals surface area contributed by atoms with Crippen LogP contribution in [-0.2, 0) is 68.7 Å². The van der Waals surface area contributed by atoms with Gasteiger partial charge in [-0.2, -0.15) is 0 Å². The van der Waals surface area contributed by atoms with Gasteiger partial charge in [0.1, 0.15) is 66.5 Å². The molecule has 2 fully saturated rings. The van der Waals surface area contributed by atoms with E-state index in [4.69, 9.17) is 10.5 Å². The van der Waals surface area contributed by atoms with Crippen molar-refractivity contribution in [1.82, 2.24) is 58.1 Å². The average molecular weight is 1190 g/mol. The normalized spacial score (nSPS) is 22.3. The van der Waals surface area contributed by atoms with E-state index in [-0.39, 0.29) is 19.4 Å². The molecule has 470 valence electrons. The molecule has 84 heavy (non-hydrogen) atoms. The molecule has 11 amide bonds. The number of nitrogens with zero attached hydrogens (tertiary/aromatic N) is 1. The number of aliphatic hydroxyl groups is 2. The summed E-state index contributed by atoms with van der Waals surface area (Å²) in [4.78, 5) is 166. The number of fused-ring (bicyclic) bond motifs is 1. The van der Waals surface area contributed by atoms with Crippen molar-refractivity contribution in [2.75, 3.05) is 26.8 Å². The molecule has 0 saturated carbocycles. The fourth-order valence-electron chi connectivity index (χ4n) is 9.58. The van der Waals surface area contributed by atoms with Crippen molar-refractivity contribution < 1.29 is 72.5 Å². The van der Waals surface area contributed by atoms with E-state index in [0.717, 1.165) is 5.56 Å². The number of carbonyl (C=O) groups is 12. The van der Waals surface area contributed by atoms with Gasteiger partial charge in [0.15, 0.2) is 0 Å². The first-order chi connectivity index (χ1) is 39.7. The lowest BCUT2D eigenvalue weighted by molar-refractivity contribution is -0.157. The van der Waals surface area contributed by atoms with E-state index in [1.165, 1.54) is 18.7 Å². The number of amides is 11. The Balaban J connectivity index is 1.85. The average Bonchev–Trinajstić information content (AvgIpc) is 4.04. The van der Waals surface area contributed by atoms with Crippen LogP contribution in [0.1, 0.15) is 126 Å². The molecule has 2 aliphatic rings. The van der Waals surface area contributed by atoms with Crippen LogP contribution in [0.3, 0.4) is 0 Å². The van der Waals surface area contributed by atoms with Gasteiger partial charge in [0, 0.05) is 13.0 Å². The molecule has 0 radical (unpaired) electrons. The van der Waals surface area contributed by atoms with Crippen molar-refractivity contribution in [3.05, 3.63) is 35.9 Å². The quantitative estimate of drug-likeness (QED) is 0.0356. The maximum absolute atomic E-state index is 14.4. The number of aliphatic hydroxyl groups excluding tert-OH is 2. The van der Waals surface area contributed by atoms with Gasteiger partial charge in [-0.3, -0.25) is 52.7 Å². The van der Waals surface area contributed by atoms with Crippen molar-refractivity contribution in [1.29, 1.82) is 0 Å². The van der Waals surface area contributed by atoms with Crippen LogP contribution in [0, 0.1) is 23.7 Å². The number of primary amides is 1. The fourth-order valence-corrected chi connectivity index (χ4v) is 9.58. The Kier molecular flexibility index (Phi) is 29.2. The number of benzene rings is 1. The van der Waals surface area contributed by atoms with Gasteiger partial charge in [-0.15, -0.1) is 0 Å². The molecule has 1 aromatic carbocycles. The number of carbonyl (C=O) groups excluding carboxylic acids is 12. The predicted molar refractivity (Wildman–Crippen MR) is 307 cm³/mol. The van der Waals surface area contributed by atoms with Gasteiger partial charge >= 0.3 is 5.97 Å². The molecule has 2 heterocycles. The molecule has 27 nitrogen and oxygen atoms in total. The van der Waals surface area contributed by atoms with Crippen LogP contribution in [0.4, 0.5) is 0 Å². The zero-order valence-corrected chi connectivity index (χ0v) is 50.3. The van der Waals surface area contributed by atoms with E-state index in [1.807, 2.05) is 30.3 Å². The van der Waals surface area contributed by atoms with Crippen LogP contribution in [0.25, 0.3) is 0 Å². The van der Waals surface area contributed by atoms with Gasteiger partial charge in [0.25, 0.3) is 0 Å². The number of likely N-dealkylation sites (N-methyl/N-ethyl adjacent to an activating group) is 1. The molecule has 0 aromatic heterocycles. The zero-order valence-electron chi connectivity index (χ0n) is 50.3. The summed E-state index contributed by atoms with van der Waals surface area (Å²) in [6.07, 6.45) is 0.231. The van der Waals surface area contributed by atoms with Crippen LogP contribution >= 0.6 is 0 Å². The summed E-state index contributed by atoms with van der Waals surface area (Å²) in [5, 5.41) is 46.9. The number of cyclic esters (lactones) is 1. The van der Waals surface area contributed by atoms with Gasteiger partial charge in [0.05, 0.1) is 19.3 Å². The molecule has 0 aliphatic carbocycles. The van der Waals surface area contributed by atoms with E-state index >= 15 is 0 Å². The maximum atomic E-state index is 14.4. The molecule has 27 heteroatoms. The second-order valence-electron chi connectivity index (χ2n) is 22.1. The van der Waals surface area contributed by atoms with Crippen LogP contribution in [0.15, 0.2) is 30.3 Å². The Labute approximate surface area is 491 Å². The van der Waals surface area contributed by atoms with Crippen molar-refractivity contribution >= 4 is 70.9 Å². The van der Waals surface area contributed by atoms with E-state index < -0.39 is 193 Å². The molecular formula is C57H92N12O15. The first-order valence-corrected chi connectivity index (χ1v) is 29.2. The monoisotopic (exact) mass is 1180 g/mol. The summed E-state index contributed by atoms with van der Waals surface area (Å²) in [5.74, 6) is -12.5. The lowest BCUT2D eigenvalue weighted by atomic mass is 9.94. The molecular weight excluding hydrogens is 1090 g/mol. The minimum absolute atomic E-state index is 0.211. The Hall–Kier alpha value is -7.26. The predicted octanol–water partition coefficient (Wildman–Crippen LogP) is -2.43. The molecule has 0 spiro atoms. The Morgan fingerprint density at radius 3 is 1.61 bits per heavy atom.